The first kappa shape index (κ1) is 13.9. The number of rotatable bonds is 3. The molecule has 3 aromatic rings. The van der Waals surface area contributed by atoms with Crippen molar-refractivity contribution in [1.82, 2.24) is 9.55 Å². The van der Waals surface area contributed by atoms with Crippen LogP contribution >= 0.6 is 0 Å². The lowest BCUT2D eigenvalue weighted by atomic mass is 10.2. The van der Waals surface area contributed by atoms with Gasteiger partial charge in [0.1, 0.15) is 12.4 Å². The molecule has 0 spiro atoms. The molecule has 2 aromatic carbocycles. The molecule has 0 atom stereocenters. The fourth-order valence-electron chi connectivity index (χ4n) is 2.12. The molecule has 5 nitrogen and oxygen atoms in total. The summed E-state index contributed by atoms with van der Waals surface area (Å²) in [6.07, 6.45) is 1.24. The van der Waals surface area contributed by atoms with Crippen molar-refractivity contribution in [2.24, 2.45) is 0 Å². The minimum atomic E-state index is -0.459. The van der Waals surface area contributed by atoms with Gasteiger partial charge < -0.3 is 5.32 Å². The smallest absolute Gasteiger partial charge is 0.261 e. The number of aromatic nitrogens is 2. The third-order valence-electron chi connectivity index (χ3n) is 3.16. The summed E-state index contributed by atoms with van der Waals surface area (Å²) < 4.78 is 14.3. The highest BCUT2D eigenvalue weighted by Crippen LogP contribution is 2.09. The standard InChI is InChI=1S/C16H12FN3O2/c17-11-6-7-13-14(8-11)18-10-20(16(13)22)9-15(21)19-12-4-2-1-3-5-12/h1-8,10H,9H2,(H,19,21). The molecule has 0 aliphatic rings. The third-order valence-corrected chi connectivity index (χ3v) is 3.16. The Morgan fingerprint density at radius 1 is 1.18 bits per heavy atom. The van der Waals surface area contributed by atoms with Crippen LogP contribution in [-0.4, -0.2) is 15.5 Å². The van der Waals surface area contributed by atoms with Crippen molar-refractivity contribution in [3.05, 3.63) is 71.0 Å². The lowest BCUT2D eigenvalue weighted by Gasteiger charge is -2.08. The largest absolute Gasteiger partial charge is 0.325 e. The number of carbonyl (C=O) groups is 1. The number of hydrogen-bond donors (Lipinski definition) is 1. The van der Waals surface area contributed by atoms with Crippen LogP contribution in [-0.2, 0) is 11.3 Å². The maximum absolute atomic E-state index is 13.1. The molecule has 1 aromatic heterocycles. The normalized spacial score (nSPS) is 10.6. The van der Waals surface area contributed by atoms with Crippen molar-refractivity contribution < 1.29 is 9.18 Å². The van der Waals surface area contributed by atoms with E-state index in [0.29, 0.717) is 5.69 Å². The van der Waals surface area contributed by atoms with Crippen molar-refractivity contribution >= 4 is 22.5 Å². The summed E-state index contributed by atoms with van der Waals surface area (Å²) in [6.45, 7) is -0.159. The predicted octanol–water partition coefficient (Wildman–Crippen LogP) is 2.17. The van der Waals surface area contributed by atoms with E-state index >= 15 is 0 Å². The van der Waals surface area contributed by atoms with E-state index in [-0.39, 0.29) is 28.9 Å². The SMILES string of the molecule is O=C(Cn1cnc2cc(F)ccc2c1=O)Nc1ccccc1. The molecule has 22 heavy (non-hydrogen) atoms. The monoisotopic (exact) mass is 297 g/mol. The Bertz CT molecular complexity index is 891. The Kier molecular flexibility index (Phi) is 3.65. The molecule has 6 heteroatoms. The van der Waals surface area contributed by atoms with Crippen molar-refractivity contribution in [2.45, 2.75) is 6.54 Å². The van der Waals surface area contributed by atoms with Crippen molar-refractivity contribution in [1.29, 1.82) is 0 Å². The van der Waals surface area contributed by atoms with Crippen molar-refractivity contribution in [3.8, 4) is 0 Å². The number of carbonyl (C=O) groups excluding carboxylic acids is 1. The summed E-state index contributed by atoms with van der Waals surface area (Å²) >= 11 is 0. The lowest BCUT2D eigenvalue weighted by molar-refractivity contribution is -0.116. The first-order chi connectivity index (χ1) is 10.6. The van der Waals surface area contributed by atoms with E-state index in [0.717, 1.165) is 0 Å². The van der Waals surface area contributed by atoms with Crippen LogP contribution in [0, 0.1) is 5.82 Å². The third kappa shape index (κ3) is 2.85. The van der Waals surface area contributed by atoms with E-state index in [1.807, 2.05) is 6.07 Å². The van der Waals surface area contributed by atoms with Crippen LogP contribution in [0.1, 0.15) is 0 Å². The van der Waals surface area contributed by atoms with Gasteiger partial charge in [-0.1, -0.05) is 18.2 Å². The fraction of sp³-hybridized carbons (Fsp3) is 0.0625. The van der Waals surface area contributed by atoms with Crippen LogP contribution in [0.5, 0.6) is 0 Å². The zero-order valence-electron chi connectivity index (χ0n) is 11.5. The number of nitrogens with zero attached hydrogens (tertiary/aromatic N) is 2. The summed E-state index contributed by atoms with van der Waals surface area (Å²) in [5.41, 5.74) is 0.536. The Labute approximate surface area is 125 Å². The van der Waals surface area contributed by atoms with Gasteiger partial charge in [0, 0.05) is 11.8 Å². The lowest BCUT2D eigenvalue weighted by Crippen LogP contribution is -2.27. The number of para-hydroxylation sites is 1. The highest BCUT2D eigenvalue weighted by atomic mass is 19.1. The maximum Gasteiger partial charge on any atom is 0.261 e. The van der Waals surface area contributed by atoms with Crippen LogP contribution in [0.2, 0.25) is 0 Å². The molecule has 0 aliphatic carbocycles. The molecule has 110 valence electrons. The minimum Gasteiger partial charge on any atom is -0.325 e. The molecule has 0 bridgehead atoms. The molecular weight excluding hydrogens is 285 g/mol. The van der Waals surface area contributed by atoms with Crippen LogP contribution in [0.25, 0.3) is 10.9 Å². The van der Waals surface area contributed by atoms with E-state index in [2.05, 4.69) is 10.3 Å². The molecule has 1 amide bonds. The van der Waals surface area contributed by atoms with Crippen molar-refractivity contribution in [3.63, 3.8) is 0 Å². The van der Waals surface area contributed by atoms with E-state index < -0.39 is 5.82 Å². The molecule has 0 saturated heterocycles. The molecule has 3 rings (SSSR count). The number of benzene rings is 2. The van der Waals surface area contributed by atoms with Gasteiger partial charge in [0.25, 0.3) is 5.56 Å². The van der Waals surface area contributed by atoms with E-state index in [4.69, 9.17) is 0 Å². The van der Waals surface area contributed by atoms with Gasteiger partial charge in [0.05, 0.1) is 17.2 Å². The Hall–Kier alpha value is -3.02. The number of halogens is 1. The molecule has 1 heterocycles. The molecule has 0 saturated carbocycles. The van der Waals surface area contributed by atoms with Crippen LogP contribution in [0.4, 0.5) is 10.1 Å². The quantitative estimate of drug-likeness (QED) is 0.806. The van der Waals surface area contributed by atoms with Crippen LogP contribution < -0.4 is 10.9 Å². The minimum absolute atomic E-state index is 0.159. The summed E-state index contributed by atoms with van der Waals surface area (Å²) in [5.74, 6) is -0.796. The number of hydrogen-bond acceptors (Lipinski definition) is 3. The van der Waals surface area contributed by atoms with Gasteiger partial charge >= 0.3 is 0 Å². The first-order valence-electron chi connectivity index (χ1n) is 6.63. The van der Waals surface area contributed by atoms with Gasteiger partial charge in [0.15, 0.2) is 0 Å². The van der Waals surface area contributed by atoms with Gasteiger partial charge in [-0.3, -0.25) is 14.2 Å². The molecule has 0 fully saturated rings. The van der Waals surface area contributed by atoms with E-state index in [1.54, 1.807) is 24.3 Å². The second kappa shape index (κ2) is 5.77. The second-order valence-electron chi connectivity index (χ2n) is 4.75. The number of fused-ring (bicyclic) bond motifs is 1. The van der Waals surface area contributed by atoms with Gasteiger partial charge in [-0.2, -0.15) is 0 Å². The zero-order valence-corrected chi connectivity index (χ0v) is 11.5. The summed E-state index contributed by atoms with van der Waals surface area (Å²) in [6, 6.07) is 12.7. The predicted molar refractivity (Wildman–Crippen MR) is 81.0 cm³/mol. The molecular formula is C16H12FN3O2. The second-order valence-corrected chi connectivity index (χ2v) is 4.75. The number of amides is 1. The summed E-state index contributed by atoms with van der Waals surface area (Å²) in [5, 5.41) is 2.96. The fourth-order valence-corrected chi connectivity index (χ4v) is 2.12. The number of nitrogens with one attached hydrogen (secondary N) is 1. The maximum atomic E-state index is 13.1. The molecule has 0 aliphatic heterocycles. The Morgan fingerprint density at radius 2 is 1.95 bits per heavy atom. The molecule has 1 N–H and O–H groups in total. The molecule has 0 unspecified atom stereocenters. The molecule has 0 radical (unpaired) electrons. The highest BCUT2D eigenvalue weighted by molar-refractivity contribution is 5.90. The topological polar surface area (TPSA) is 64.0 Å². The zero-order chi connectivity index (χ0) is 15.5. The Morgan fingerprint density at radius 3 is 2.73 bits per heavy atom. The summed E-state index contributed by atoms with van der Waals surface area (Å²) in [4.78, 5) is 28.2. The number of anilines is 1. The van der Waals surface area contributed by atoms with E-state index in [9.17, 15) is 14.0 Å². The van der Waals surface area contributed by atoms with Crippen molar-refractivity contribution in [2.75, 3.05) is 5.32 Å². The van der Waals surface area contributed by atoms with Gasteiger partial charge in [-0.25, -0.2) is 9.37 Å². The van der Waals surface area contributed by atoms with E-state index in [1.165, 1.54) is 29.1 Å². The van der Waals surface area contributed by atoms with Gasteiger partial charge in [0.2, 0.25) is 5.91 Å². The van der Waals surface area contributed by atoms with Crippen LogP contribution in [0.15, 0.2) is 59.7 Å². The average molecular weight is 297 g/mol. The Balaban J connectivity index is 1.85. The van der Waals surface area contributed by atoms with Gasteiger partial charge in [-0.15, -0.1) is 0 Å². The first-order valence-corrected chi connectivity index (χ1v) is 6.63. The van der Waals surface area contributed by atoms with Gasteiger partial charge in [-0.05, 0) is 24.3 Å². The summed E-state index contributed by atoms with van der Waals surface area (Å²) in [7, 11) is 0. The average Bonchev–Trinajstić information content (AvgIpc) is 2.51. The van der Waals surface area contributed by atoms with Crippen LogP contribution in [0.3, 0.4) is 0 Å². The highest BCUT2D eigenvalue weighted by Gasteiger charge is 2.09.